The van der Waals surface area contributed by atoms with Crippen molar-refractivity contribution in [3.05, 3.63) is 83.4 Å². The molecule has 0 saturated carbocycles. The second kappa shape index (κ2) is 7.72. The molecule has 1 aromatic heterocycles. The number of hydrazone groups is 1. The fourth-order valence-corrected chi connectivity index (χ4v) is 5.13. The molecule has 3 aromatic rings. The van der Waals surface area contributed by atoms with Crippen molar-refractivity contribution in [2.45, 2.75) is 24.0 Å². The number of carbonyl (C=O) groups is 1. The Morgan fingerprint density at radius 2 is 2.00 bits per heavy atom. The maximum atomic E-state index is 13.6. The van der Waals surface area contributed by atoms with E-state index in [9.17, 15) is 9.18 Å². The van der Waals surface area contributed by atoms with Crippen LogP contribution >= 0.6 is 11.8 Å². The number of benzene rings is 2. The molecule has 0 spiro atoms. The van der Waals surface area contributed by atoms with E-state index in [4.69, 9.17) is 5.10 Å². The van der Waals surface area contributed by atoms with E-state index in [-0.39, 0.29) is 29.4 Å². The number of carbonyl (C=O) groups excluding carboxylic acids is 1. The third-order valence-electron chi connectivity index (χ3n) is 5.80. The zero-order valence-electron chi connectivity index (χ0n) is 16.5. The van der Waals surface area contributed by atoms with Gasteiger partial charge in [0.1, 0.15) is 5.82 Å². The smallest absolute Gasteiger partial charge is 0.253 e. The van der Waals surface area contributed by atoms with E-state index in [1.54, 1.807) is 23.3 Å². The van der Waals surface area contributed by atoms with Gasteiger partial charge in [0.15, 0.2) is 5.16 Å². The zero-order chi connectivity index (χ0) is 20.7. The quantitative estimate of drug-likeness (QED) is 0.595. The van der Waals surface area contributed by atoms with Gasteiger partial charge in [-0.3, -0.25) is 4.79 Å². The third-order valence-corrected chi connectivity index (χ3v) is 6.84. The van der Waals surface area contributed by atoms with Gasteiger partial charge >= 0.3 is 0 Å². The number of aromatic nitrogens is 2. The number of halogens is 1. The van der Waals surface area contributed by atoms with Gasteiger partial charge in [-0.1, -0.05) is 48.2 Å². The highest BCUT2D eigenvalue weighted by atomic mass is 32.2. The first-order valence-electron chi connectivity index (χ1n) is 9.96. The summed E-state index contributed by atoms with van der Waals surface area (Å²) in [5.41, 5.74) is 4.26. The summed E-state index contributed by atoms with van der Waals surface area (Å²) in [5, 5.41) is 7.22. The summed E-state index contributed by atoms with van der Waals surface area (Å²) in [4.78, 5) is 17.5. The molecule has 1 aliphatic carbocycles. The number of hydrogen-bond donors (Lipinski definition) is 0. The summed E-state index contributed by atoms with van der Waals surface area (Å²) in [6.45, 7) is 0. The summed E-state index contributed by atoms with van der Waals surface area (Å²) in [6.07, 6.45) is 5.43. The topological polar surface area (TPSA) is 50.5 Å². The number of imidazole rings is 1. The summed E-state index contributed by atoms with van der Waals surface area (Å²) in [6, 6.07) is 14.5. The lowest BCUT2D eigenvalue weighted by molar-refractivity contribution is -0.130. The van der Waals surface area contributed by atoms with Crippen molar-refractivity contribution in [2.24, 2.45) is 18.1 Å². The molecule has 2 atom stereocenters. The standard InChI is InChI=1S/C23H21FN4OS/c1-27-13-12-25-23(27)30-14-20(29)28-22(16-6-9-17(24)10-7-16)19-11-8-15-4-2-3-5-18(15)21(19)26-28/h2-7,9-10,12-13,19,22H,8,11,14H2,1H3/t19-,22-/m0/s1. The van der Waals surface area contributed by atoms with E-state index in [0.29, 0.717) is 0 Å². The molecule has 7 heteroatoms. The Labute approximate surface area is 178 Å². The first kappa shape index (κ1) is 19.1. The Morgan fingerprint density at radius 1 is 1.20 bits per heavy atom. The van der Waals surface area contributed by atoms with Gasteiger partial charge in [0, 0.05) is 30.9 Å². The van der Waals surface area contributed by atoms with E-state index < -0.39 is 0 Å². The number of rotatable bonds is 4. The fraction of sp³-hybridized carbons (Fsp3) is 0.261. The van der Waals surface area contributed by atoms with Crippen molar-refractivity contribution in [2.75, 3.05) is 5.75 Å². The van der Waals surface area contributed by atoms with Crippen molar-refractivity contribution >= 4 is 23.4 Å². The van der Waals surface area contributed by atoms with Crippen LogP contribution in [0.2, 0.25) is 0 Å². The first-order valence-corrected chi connectivity index (χ1v) is 10.9. The summed E-state index contributed by atoms with van der Waals surface area (Å²) in [7, 11) is 1.91. The van der Waals surface area contributed by atoms with Crippen molar-refractivity contribution in [1.82, 2.24) is 14.6 Å². The van der Waals surface area contributed by atoms with E-state index in [1.165, 1.54) is 29.5 Å². The van der Waals surface area contributed by atoms with Crippen molar-refractivity contribution < 1.29 is 9.18 Å². The lowest BCUT2D eigenvalue weighted by Crippen LogP contribution is -2.33. The van der Waals surface area contributed by atoms with Crippen LogP contribution in [0.1, 0.15) is 29.2 Å². The highest BCUT2D eigenvalue weighted by Crippen LogP contribution is 2.43. The monoisotopic (exact) mass is 420 g/mol. The number of fused-ring (bicyclic) bond motifs is 3. The highest BCUT2D eigenvalue weighted by molar-refractivity contribution is 7.99. The number of amides is 1. The van der Waals surface area contributed by atoms with Crippen LogP contribution in [-0.4, -0.2) is 31.9 Å². The second-order valence-electron chi connectivity index (χ2n) is 7.63. The number of nitrogens with zero attached hydrogens (tertiary/aromatic N) is 4. The molecule has 1 aliphatic heterocycles. The SMILES string of the molecule is Cn1ccnc1SCC(=O)N1N=C2c3ccccc3CC[C@@H]2[C@@H]1c1ccc(F)cc1. The number of hydrogen-bond acceptors (Lipinski definition) is 4. The molecule has 2 heterocycles. The minimum Gasteiger partial charge on any atom is -0.329 e. The van der Waals surface area contributed by atoms with Crippen LogP contribution in [0.5, 0.6) is 0 Å². The van der Waals surface area contributed by atoms with Crippen LogP contribution in [0.15, 0.2) is 71.2 Å². The Kier molecular flexibility index (Phi) is 4.90. The Balaban J connectivity index is 1.49. The molecule has 5 nitrogen and oxygen atoms in total. The molecule has 0 unspecified atom stereocenters. The minimum atomic E-state index is -0.282. The van der Waals surface area contributed by atoms with Gasteiger partial charge in [-0.15, -0.1) is 0 Å². The molecule has 1 amide bonds. The van der Waals surface area contributed by atoms with Gasteiger partial charge in [0.05, 0.1) is 17.5 Å². The van der Waals surface area contributed by atoms with Crippen LogP contribution in [0.25, 0.3) is 0 Å². The molecule has 0 saturated heterocycles. The van der Waals surface area contributed by atoms with Crippen LogP contribution < -0.4 is 0 Å². The molecule has 0 fully saturated rings. The van der Waals surface area contributed by atoms with Gasteiger partial charge in [-0.2, -0.15) is 5.10 Å². The second-order valence-corrected chi connectivity index (χ2v) is 8.57. The Morgan fingerprint density at radius 3 is 2.77 bits per heavy atom. The van der Waals surface area contributed by atoms with Crippen LogP contribution in [-0.2, 0) is 18.3 Å². The average molecular weight is 421 g/mol. The molecular weight excluding hydrogens is 399 g/mol. The summed E-state index contributed by atoms with van der Waals surface area (Å²) in [5.74, 6) is -0.00693. The van der Waals surface area contributed by atoms with E-state index in [1.807, 2.05) is 29.9 Å². The zero-order valence-corrected chi connectivity index (χ0v) is 17.3. The van der Waals surface area contributed by atoms with Crippen LogP contribution in [0, 0.1) is 11.7 Å². The molecular formula is C23H21FN4OS. The molecule has 2 aromatic carbocycles. The minimum absolute atomic E-state index is 0.0725. The third kappa shape index (κ3) is 3.33. The van der Waals surface area contributed by atoms with E-state index >= 15 is 0 Å². The molecule has 0 radical (unpaired) electrons. The fourth-order valence-electron chi connectivity index (χ4n) is 4.35. The lowest BCUT2D eigenvalue weighted by atomic mass is 9.77. The van der Waals surface area contributed by atoms with Gasteiger partial charge in [0.2, 0.25) is 0 Å². The number of thioether (sulfide) groups is 1. The maximum Gasteiger partial charge on any atom is 0.253 e. The molecule has 152 valence electrons. The molecule has 30 heavy (non-hydrogen) atoms. The van der Waals surface area contributed by atoms with E-state index in [2.05, 4.69) is 17.1 Å². The van der Waals surface area contributed by atoms with Gasteiger partial charge in [-0.05, 0) is 36.1 Å². The molecule has 0 bridgehead atoms. The lowest BCUT2D eigenvalue weighted by Gasteiger charge is -2.29. The number of aryl methyl sites for hydroxylation is 2. The van der Waals surface area contributed by atoms with Crippen molar-refractivity contribution in [1.29, 1.82) is 0 Å². The Hall–Kier alpha value is -2.93. The normalized spacial score (nSPS) is 19.9. The molecule has 2 aliphatic rings. The van der Waals surface area contributed by atoms with Crippen LogP contribution in [0.3, 0.4) is 0 Å². The van der Waals surface area contributed by atoms with Gasteiger partial charge < -0.3 is 4.57 Å². The largest absolute Gasteiger partial charge is 0.329 e. The predicted molar refractivity (Wildman–Crippen MR) is 115 cm³/mol. The van der Waals surface area contributed by atoms with E-state index in [0.717, 1.165) is 34.8 Å². The molecule has 5 rings (SSSR count). The van der Waals surface area contributed by atoms with Crippen molar-refractivity contribution in [3.8, 4) is 0 Å². The summed E-state index contributed by atoms with van der Waals surface area (Å²) >= 11 is 1.40. The molecule has 0 N–H and O–H groups in total. The average Bonchev–Trinajstić information content (AvgIpc) is 3.36. The maximum absolute atomic E-state index is 13.6. The van der Waals surface area contributed by atoms with Gasteiger partial charge in [0.25, 0.3) is 5.91 Å². The summed E-state index contributed by atoms with van der Waals surface area (Å²) < 4.78 is 15.4. The van der Waals surface area contributed by atoms with Crippen molar-refractivity contribution in [3.63, 3.8) is 0 Å². The van der Waals surface area contributed by atoms with Crippen LogP contribution in [0.4, 0.5) is 4.39 Å². The predicted octanol–water partition coefficient (Wildman–Crippen LogP) is 4.20. The Bertz CT molecular complexity index is 1120. The first-order chi connectivity index (χ1) is 14.6. The highest BCUT2D eigenvalue weighted by Gasteiger charge is 2.43. The van der Waals surface area contributed by atoms with Gasteiger partial charge in [-0.25, -0.2) is 14.4 Å².